The summed E-state index contributed by atoms with van der Waals surface area (Å²) in [7, 11) is 1.78. The first kappa shape index (κ1) is 12.2. The van der Waals surface area contributed by atoms with Crippen LogP contribution in [0.1, 0.15) is 15.2 Å². The van der Waals surface area contributed by atoms with Crippen LogP contribution in [-0.4, -0.2) is 13.0 Å². The molecule has 1 aromatic heterocycles. The lowest BCUT2D eigenvalue weighted by molar-refractivity contribution is 0.0996. The highest BCUT2D eigenvalue weighted by atomic mass is 32.1. The highest BCUT2D eigenvalue weighted by Gasteiger charge is 2.14. The zero-order valence-corrected chi connectivity index (χ0v) is 11.4. The van der Waals surface area contributed by atoms with Crippen molar-refractivity contribution in [3.63, 3.8) is 0 Å². The molecule has 1 amide bonds. The van der Waals surface area contributed by atoms with Gasteiger partial charge in [0.25, 0.3) is 5.91 Å². The zero-order chi connectivity index (χ0) is 12.4. The van der Waals surface area contributed by atoms with Crippen LogP contribution in [0.2, 0.25) is 0 Å². The molecule has 0 spiro atoms. The van der Waals surface area contributed by atoms with E-state index in [4.69, 9.17) is 0 Å². The van der Waals surface area contributed by atoms with Crippen molar-refractivity contribution in [3.05, 3.63) is 46.2 Å². The minimum atomic E-state index is -0.000784. The number of carbonyl (C=O) groups is 1. The second-order valence-corrected chi connectivity index (χ2v) is 5.30. The molecule has 0 saturated heterocycles. The Morgan fingerprint density at radius 3 is 2.47 bits per heavy atom. The van der Waals surface area contributed by atoms with Crippen molar-refractivity contribution < 1.29 is 4.79 Å². The molecule has 1 aromatic carbocycles. The smallest absolute Gasteiger partial charge is 0.268 e. The summed E-state index contributed by atoms with van der Waals surface area (Å²) >= 11 is 5.62. The zero-order valence-electron chi connectivity index (χ0n) is 9.68. The predicted octanol–water partition coefficient (Wildman–Crippen LogP) is 3.62. The third-order valence-electron chi connectivity index (χ3n) is 2.52. The number of hydrogen-bond acceptors (Lipinski definition) is 3. The summed E-state index contributed by atoms with van der Waals surface area (Å²) in [6.07, 6.45) is 0. The van der Waals surface area contributed by atoms with E-state index in [1.165, 1.54) is 16.9 Å². The molecule has 0 aliphatic heterocycles. The first-order valence-corrected chi connectivity index (χ1v) is 6.53. The van der Waals surface area contributed by atoms with E-state index in [9.17, 15) is 4.79 Å². The summed E-state index contributed by atoms with van der Waals surface area (Å²) in [5.41, 5.74) is 2.08. The predicted molar refractivity (Wildman–Crippen MR) is 75.5 cm³/mol. The maximum Gasteiger partial charge on any atom is 0.268 e. The van der Waals surface area contributed by atoms with Gasteiger partial charge in [0.05, 0.1) is 4.88 Å². The van der Waals surface area contributed by atoms with Gasteiger partial charge in [-0.3, -0.25) is 4.79 Å². The Morgan fingerprint density at radius 2 is 1.94 bits per heavy atom. The second kappa shape index (κ2) is 4.94. The average Bonchev–Trinajstić information content (AvgIpc) is 2.75. The van der Waals surface area contributed by atoms with E-state index < -0.39 is 0 Å². The van der Waals surface area contributed by atoms with Crippen molar-refractivity contribution in [1.82, 2.24) is 0 Å². The highest BCUT2D eigenvalue weighted by molar-refractivity contribution is 7.80. The van der Waals surface area contributed by atoms with Crippen LogP contribution in [0.3, 0.4) is 0 Å². The lowest BCUT2D eigenvalue weighted by Crippen LogP contribution is -2.25. The molecular weight excluding hydrogens is 250 g/mol. The fraction of sp³-hybridized carbons (Fsp3) is 0.154. The maximum absolute atomic E-state index is 12.1. The molecule has 0 saturated carbocycles. The Balaban J connectivity index is 2.23. The van der Waals surface area contributed by atoms with Gasteiger partial charge in [0.2, 0.25) is 0 Å². The summed E-state index contributed by atoms with van der Waals surface area (Å²) in [5.74, 6) is -0.000784. The van der Waals surface area contributed by atoms with Crippen LogP contribution in [0, 0.1) is 6.92 Å². The van der Waals surface area contributed by atoms with Gasteiger partial charge in [-0.1, -0.05) is 17.7 Å². The summed E-state index contributed by atoms with van der Waals surface area (Å²) in [6, 6.07) is 9.68. The Labute approximate surface area is 110 Å². The van der Waals surface area contributed by atoms with Gasteiger partial charge in [-0.25, -0.2) is 0 Å². The molecule has 0 fully saturated rings. The Kier molecular flexibility index (Phi) is 3.54. The third kappa shape index (κ3) is 2.70. The van der Waals surface area contributed by atoms with Crippen LogP contribution in [0.25, 0.3) is 0 Å². The van der Waals surface area contributed by atoms with Crippen LogP contribution in [0.5, 0.6) is 0 Å². The fourth-order valence-electron chi connectivity index (χ4n) is 1.49. The summed E-state index contributed by atoms with van der Waals surface area (Å²) < 4.78 is 0. The molecule has 0 aliphatic carbocycles. The first-order chi connectivity index (χ1) is 8.08. The molecule has 4 heteroatoms. The molecule has 1 heterocycles. The number of thiol groups is 1. The fourth-order valence-corrected chi connectivity index (χ4v) is 2.61. The second-order valence-electron chi connectivity index (χ2n) is 3.87. The largest absolute Gasteiger partial charge is 0.311 e. The minimum absolute atomic E-state index is 0.000784. The van der Waals surface area contributed by atoms with Gasteiger partial charge in [-0.2, -0.15) is 0 Å². The number of hydrogen-bond donors (Lipinski definition) is 1. The number of thiophene rings is 1. The lowest BCUT2D eigenvalue weighted by atomic mass is 10.2. The Bertz CT molecular complexity index is 531. The number of aryl methyl sites for hydroxylation is 1. The van der Waals surface area contributed by atoms with E-state index in [0.29, 0.717) is 4.88 Å². The van der Waals surface area contributed by atoms with Crippen LogP contribution in [0.4, 0.5) is 5.69 Å². The van der Waals surface area contributed by atoms with E-state index in [1.54, 1.807) is 18.0 Å². The van der Waals surface area contributed by atoms with Gasteiger partial charge in [0.15, 0.2) is 0 Å². The molecule has 2 nitrogen and oxygen atoms in total. The van der Waals surface area contributed by atoms with E-state index in [-0.39, 0.29) is 5.91 Å². The topological polar surface area (TPSA) is 20.3 Å². The number of benzene rings is 1. The van der Waals surface area contributed by atoms with E-state index >= 15 is 0 Å². The van der Waals surface area contributed by atoms with Crippen molar-refractivity contribution in [2.45, 2.75) is 11.8 Å². The molecule has 0 atom stereocenters. The summed E-state index contributed by atoms with van der Waals surface area (Å²) in [6.45, 7) is 2.03. The van der Waals surface area contributed by atoms with Crippen LogP contribution < -0.4 is 4.90 Å². The van der Waals surface area contributed by atoms with Crippen molar-refractivity contribution in [2.75, 3.05) is 11.9 Å². The van der Waals surface area contributed by atoms with Crippen molar-refractivity contribution in [1.29, 1.82) is 0 Å². The molecular formula is C13H13NOS2. The summed E-state index contributed by atoms with van der Waals surface area (Å²) in [4.78, 5) is 15.3. The molecule has 0 unspecified atom stereocenters. The monoisotopic (exact) mass is 263 g/mol. The standard InChI is InChI=1S/C13H13NOS2/c1-9-3-5-10(6-4-9)14(2)13(15)12-7-11(16)8-17-12/h3-8,16H,1-2H3. The number of rotatable bonds is 2. The average molecular weight is 263 g/mol. The molecule has 2 aromatic rings. The van der Waals surface area contributed by atoms with Gasteiger partial charge >= 0.3 is 0 Å². The molecule has 88 valence electrons. The number of anilines is 1. The molecule has 17 heavy (non-hydrogen) atoms. The van der Waals surface area contributed by atoms with Crippen molar-refractivity contribution in [2.24, 2.45) is 0 Å². The normalized spacial score (nSPS) is 10.3. The van der Waals surface area contributed by atoms with Gasteiger partial charge in [0.1, 0.15) is 0 Å². The highest BCUT2D eigenvalue weighted by Crippen LogP contribution is 2.22. The SMILES string of the molecule is Cc1ccc(N(C)C(=O)c2cc(S)cs2)cc1. The van der Waals surface area contributed by atoms with Gasteiger partial charge in [-0.15, -0.1) is 24.0 Å². The minimum Gasteiger partial charge on any atom is -0.311 e. The molecule has 2 rings (SSSR count). The quantitative estimate of drug-likeness (QED) is 0.821. The Morgan fingerprint density at radius 1 is 1.29 bits per heavy atom. The van der Waals surface area contributed by atoms with Crippen LogP contribution in [0.15, 0.2) is 40.6 Å². The van der Waals surface area contributed by atoms with Gasteiger partial charge in [-0.05, 0) is 25.1 Å². The summed E-state index contributed by atoms with van der Waals surface area (Å²) in [5, 5.41) is 1.86. The van der Waals surface area contributed by atoms with E-state index in [2.05, 4.69) is 12.6 Å². The number of nitrogens with zero attached hydrogens (tertiary/aromatic N) is 1. The molecule has 0 aliphatic rings. The molecule has 0 bridgehead atoms. The number of amides is 1. The molecule has 0 N–H and O–H groups in total. The first-order valence-electron chi connectivity index (χ1n) is 5.20. The van der Waals surface area contributed by atoms with Crippen molar-refractivity contribution >= 4 is 35.6 Å². The maximum atomic E-state index is 12.1. The van der Waals surface area contributed by atoms with Crippen LogP contribution in [-0.2, 0) is 0 Å². The molecule has 0 radical (unpaired) electrons. The van der Waals surface area contributed by atoms with Gasteiger partial charge in [0, 0.05) is 23.0 Å². The van der Waals surface area contributed by atoms with E-state index in [1.807, 2.05) is 36.6 Å². The Hall–Kier alpha value is -1.26. The third-order valence-corrected chi connectivity index (χ3v) is 3.87. The lowest BCUT2D eigenvalue weighted by Gasteiger charge is -2.16. The number of carbonyl (C=O) groups excluding carboxylic acids is 1. The van der Waals surface area contributed by atoms with Crippen molar-refractivity contribution in [3.8, 4) is 0 Å². The van der Waals surface area contributed by atoms with Crippen LogP contribution >= 0.6 is 24.0 Å². The van der Waals surface area contributed by atoms with E-state index in [0.717, 1.165) is 10.6 Å². The van der Waals surface area contributed by atoms with Gasteiger partial charge < -0.3 is 4.90 Å².